The maximum absolute atomic E-state index is 10.4. The zero-order valence-corrected chi connectivity index (χ0v) is 23.9. The maximum Gasteiger partial charge on any atom is 0.126 e. The molecule has 0 spiro atoms. The van der Waals surface area contributed by atoms with Gasteiger partial charge in [-0.1, -0.05) is 74.1 Å². The molecule has 0 aliphatic heterocycles. The molecule has 0 saturated heterocycles. The molecule has 192 valence electrons. The van der Waals surface area contributed by atoms with Gasteiger partial charge in [0.2, 0.25) is 0 Å². The Morgan fingerprint density at radius 2 is 1.30 bits per heavy atom. The molecule has 1 N–H and O–H groups in total. The molecular weight excluding hydrogens is 404 g/mol. The highest BCUT2D eigenvalue weighted by Gasteiger charge is 2.22. The molecule has 0 saturated carbocycles. The predicted octanol–water partition coefficient (Wildman–Crippen LogP) is 9.87. The average Bonchev–Trinajstić information content (AvgIpc) is 2.71. The number of hydrogen-bond acceptors (Lipinski definition) is 2. The Kier molecular flexibility index (Phi) is 12.3. The van der Waals surface area contributed by atoms with Crippen molar-refractivity contribution in [1.82, 2.24) is 0 Å². The molecule has 0 atom stereocenters. The highest BCUT2D eigenvalue weighted by Crippen LogP contribution is 2.38. The Labute approximate surface area is 206 Å². The van der Waals surface area contributed by atoms with Crippen molar-refractivity contribution < 1.29 is 9.84 Å². The van der Waals surface area contributed by atoms with E-state index in [4.69, 9.17) is 4.74 Å². The first-order chi connectivity index (χ1) is 15.3. The number of hydrogen-bond donors (Lipinski definition) is 1. The van der Waals surface area contributed by atoms with E-state index in [0.29, 0.717) is 16.6 Å². The summed E-state index contributed by atoms with van der Waals surface area (Å²) in [5, 5.41) is 10.4. The fourth-order valence-corrected chi connectivity index (χ4v) is 5.08. The van der Waals surface area contributed by atoms with Crippen LogP contribution in [0.1, 0.15) is 135 Å². The highest BCUT2D eigenvalue weighted by molar-refractivity contribution is 5.57. The lowest BCUT2D eigenvalue weighted by Gasteiger charge is -2.29. The molecule has 0 bridgehead atoms. The molecule has 0 unspecified atom stereocenters. The van der Waals surface area contributed by atoms with E-state index in [9.17, 15) is 5.11 Å². The predicted molar refractivity (Wildman–Crippen MR) is 146 cm³/mol. The first-order valence-corrected chi connectivity index (χ1v) is 13.8. The lowest BCUT2D eigenvalue weighted by molar-refractivity contribution is 0.227. The molecule has 1 aromatic carbocycles. The molecule has 33 heavy (non-hydrogen) atoms. The lowest BCUT2D eigenvalue weighted by Crippen LogP contribution is -2.16. The van der Waals surface area contributed by atoms with Crippen LogP contribution in [0.15, 0.2) is 0 Å². The van der Waals surface area contributed by atoms with E-state index in [1.165, 1.54) is 56.9 Å². The van der Waals surface area contributed by atoms with Gasteiger partial charge in [-0.05, 0) is 99.2 Å². The fraction of sp³-hybridized carbons (Fsp3) is 0.806. The summed E-state index contributed by atoms with van der Waals surface area (Å²) in [6.07, 6.45) is 13.7. The van der Waals surface area contributed by atoms with Crippen molar-refractivity contribution in [3.05, 3.63) is 22.3 Å². The third-order valence-electron chi connectivity index (χ3n) is 7.68. The van der Waals surface area contributed by atoms with E-state index < -0.39 is 0 Å². The normalized spacial score (nSPS) is 12.6. The van der Waals surface area contributed by atoms with Crippen LogP contribution in [0.5, 0.6) is 11.5 Å². The molecule has 0 heterocycles. The van der Waals surface area contributed by atoms with Crippen LogP contribution in [0.3, 0.4) is 0 Å². The second-order valence-electron chi connectivity index (χ2n) is 12.6. The van der Waals surface area contributed by atoms with Crippen LogP contribution in [0.4, 0.5) is 0 Å². The lowest BCUT2D eigenvalue weighted by atomic mass is 9.77. The molecule has 0 radical (unpaired) electrons. The Morgan fingerprint density at radius 3 is 1.85 bits per heavy atom. The molecule has 1 aromatic rings. The zero-order chi connectivity index (χ0) is 25.2. The van der Waals surface area contributed by atoms with Crippen LogP contribution in [0, 0.1) is 37.5 Å². The van der Waals surface area contributed by atoms with Crippen LogP contribution in [0.2, 0.25) is 0 Å². The van der Waals surface area contributed by atoms with Gasteiger partial charge in [0, 0.05) is 5.56 Å². The molecule has 2 heteroatoms. The summed E-state index contributed by atoms with van der Waals surface area (Å²) in [5.41, 5.74) is 5.11. The number of phenols is 1. The third-order valence-corrected chi connectivity index (χ3v) is 7.68. The summed E-state index contributed by atoms with van der Waals surface area (Å²) in [5.74, 6) is 2.28. The molecule has 2 nitrogen and oxygen atoms in total. The Hall–Kier alpha value is -1.18. The van der Waals surface area contributed by atoms with Crippen molar-refractivity contribution in [2.45, 2.75) is 140 Å². The van der Waals surface area contributed by atoms with Gasteiger partial charge in [-0.2, -0.15) is 0 Å². The van der Waals surface area contributed by atoms with E-state index in [-0.39, 0.29) is 0 Å². The van der Waals surface area contributed by atoms with Crippen molar-refractivity contribution in [2.75, 3.05) is 6.61 Å². The number of ether oxygens (including phenoxy) is 1. The highest BCUT2D eigenvalue weighted by atomic mass is 16.5. The molecular formula is C31H56O2. The molecule has 1 rings (SSSR count). The monoisotopic (exact) mass is 460 g/mol. The van der Waals surface area contributed by atoms with E-state index in [1.54, 1.807) is 0 Å². The van der Waals surface area contributed by atoms with E-state index in [1.807, 2.05) is 13.8 Å². The average molecular weight is 461 g/mol. The van der Waals surface area contributed by atoms with Crippen molar-refractivity contribution in [1.29, 1.82) is 0 Å². The number of aromatic hydroxyl groups is 1. The molecule has 0 aliphatic rings. The van der Waals surface area contributed by atoms with Crippen LogP contribution in [0.25, 0.3) is 0 Å². The van der Waals surface area contributed by atoms with Gasteiger partial charge in [0.15, 0.2) is 0 Å². The van der Waals surface area contributed by atoms with Crippen LogP contribution in [-0.2, 0) is 6.42 Å². The summed E-state index contributed by atoms with van der Waals surface area (Å²) < 4.78 is 6.32. The second kappa shape index (κ2) is 13.6. The first kappa shape index (κ1) is 29.9. The van der Waals surface area contributed by atoms with Crippen molar-refractivity contribution in [3.8, 4) is 11.5 Å². The van der Waals surface area contributed by atoms with Crippen LogP contribution in [-0.4, -0.2) is 11.7 Å². The number of unbranched alkanes of at least 4 members (excludes halogenated alkanes) is 1. The van der Waals surface area contributed by atoms with E-state index in [0.717, 1.165) is 54.2 Å². The minimum atomic E-state index is 0.406. The van der Waals surface area contributed by atoms with Crippen molar-refractivity contribution in [3.63, 3.8) is 0 Å². The Morgan fingerprint density at radius 1 is 0.758 bits per heavy atom. The Balaban J connectivity index is 2.45. The minimum Gasteiger partial charge on any atom is -0.507 e. The quantitative estimate of drug-likeness (QED) is 0.249. The minimum absolute atomic E-state index is 0.406. The topological polar surface area (TPSA) is 29.5 Å². The summed E-state index contributed by atoms with van der Waals surface area (Å²) in [6.45, 7) is 23.5. The van der Waals surface area contributed by atoms with Crippen molar-refractivity contribution >= 4 is 0 Å². The van der Waals surface area contributed by atoms with Gasteiger partial charge in [0.1, 0.15) is 11.5 Å². The second-order valence-corrected chi connectivity index (χ2v) is 12.6. The van der Waals surface area contributed by atoms with Gasteiger partial charge in [-0.15, -0.1) is 0 Å². The smallest absolute Gasteiger partial charge is 0.126 e. The van der Waals surface area contributed by atoms with E-state index in [2.05, 4.69) is 55.4 Å². The SMILES string of the molecule is CCCc1c(C)c(O)c(C)c(C)c1OCCCCC(C)(C)CCCC(C)(C)CCCC(C)C. The van der Waals surface area contributed by atoms with Gasteiger partial charge in [-0.25, -0.2) is 0 Å². The van der Waals surface area contributed by atoms with Crippen molar-refractivity contribution in [2.24, 2.45) is 16.7 Å². The molecule has 0 amide bonds. The van der Waals surface area contributed by atoms with Gasteiger partial charge >= 0.3 is 0 Å². The third kappa shape index (κ3) is 10.3. The molecule has 0 fully saturated rings. The van der Waals surface area contributed by atoms with Crippen LogP contribution < -0.4 is 4.74 Å². The summed E-state index contributed by atoms with van der Waals surface area (Å²) >= 11 is 0. The number of rotatable bonds is 16. The van der Waals surface area contributed by atoms with Crippen LogP contribution >= 0.6 is 0 Å². The number of phenolic OH excluding ortho intramolecular Hbond substituents is 1. The maximum atomic E-state index is 10.4. The zero-order valence-electron chi connectivity index (χ0n) is 23.9. The first-order valence-electron chi connectivity index (χ1n) is 13.8. The molecule has 0 aliphatic carbocycles. The summed E-state index contributed by atoms with van der Waals surface area (Å²) in [4.78, 5) is 0. The Bertz CT molecular complexity index is 712. The van der Waals surface area contributed by atoms with Gasteiger partial charge in [0.25, 0.3) is 0 Å². The standard InChI is InChI=1S/C31H56O2/c1-11-16-27-26(6)28(32)24(4)25(5)29(27)33-22-13-12-18-30(7,8)20-15-21-31(9,10)19-14-17-23(2)3/h23,32H,11-22H2,1-10H3. The summed E-state index contributed by atoms with van der Waals surface area (Å²) in [6, 6.07) is 0. The molecule has 0 aromatic heterocycles. The largest absolute Gasteiger partial charge is 0.507 e. The summed E-state index contributed by atoms with van der Waals surface area (Å²) in [7, 11) is 0. The number of benzene rings is 1. The fourth-order valence-electron chi connectivity index (χ4n) is 5.08. The van der Waals surface area contributed by atoms with E-state index >= 15 is 0 Å². The van der Waals surface area contributed by atoms with Gasteiger partial charge in [0.05, 0.1) is 6.61 Å². The van der Waals surface area contributed by atoms with Gasteiger partial charge < -0.3 is 9.84 Å². The van der Waals surface area contributed by atoms with Gasteiger partial charge in [-0.3, -0.25) is 0 Å².